The highest BCUT2D eigenvalue weighted by Crippen LogP contribution is 2.23. The van der Waals surface area contributed by atoms with Gasteiger partial charge in [-0.2, -0.15) is 0 Å². The number of nitrogens with one attached hydrogen (secondary N) is 2. The van der Waals surface area contributed by atoms with E-state index in [9.17, 15) is 14.4 Å². The van der Waals surface area contributed by atoms with Gasteiger partial charge in [0, 0.05) is 23.9 Å². The Hall–Kier alpha value is -3.16. The van der Waals surface area contributed by atoms with E-state index in [2.05, 4.69) is 15.6 Å². The Morgan fingerprint density at radius 2 is 2.11 bits per heavy atom. The van der Waals surface area contributed by atoms with Crippen LogP contribution in [0.4, 0.5) is 11.5 Å². The van der Waals surface area contributed by atoms with Gasteiger partial charge in [0.15, 0.2) is 0 Å². The number of nitrogens with two attached hydrogens (primary N) is 1. The van der Waals surface area contributed by atoms with E-state index in [1.807, 2.05) is 26.0 Å². The van der Waals surface area contributed by atoms with Crippen LogP contribution in [0, 0.1) is 19.8 Å². The monoisotopic (exact) mass is 369 g/mol. The topological polar surface area (TPSA) is 119 Å². The summed E-state index contributed by atoms with van der Waals surface area (Å²) in [4.78, 5) is 41.1. The molecule has 0 saturated heterocycles. The summed E-state index contributed by atoms with van der Waals surface area (Å²) in [5.74, 6) is -0.222. The Kier molecular flexibility index (Phi) is 4.98. The minimum absolute atomic E-state index is 0.120. The summed E-state index contributed by atoms with van der Waals surface area (Å²) in [6, 6.07) is 5.34. The zero-order valence-corrected chi connectivity index (χ0v) is 15.6. The van der Waals surface area contributed by atoms with Crippen LogP contribution >= 0.6 is 0 Å². The van der Waals surface area contributed by atoms with Crippen molar-refractivity contribution in [1.29, 1.82) is 0 Å². The number of carbonyl (C=O) groups excluding carboxylic acids is 2. The number of pyridine rings is 2. The number of nitrogen functional groups attached to an aromatic ring is 1. The van der Waals surface area contributed by atoms with E-state index in [-0.39, 0.29) is 35.5 Å². The van der Waals surface area contributed by atoms with Crippen LogP contribution < -0.4 is 21.9 Å². The van der Waals surface area contributed by atoms with Gasteiger partial charge in [0.05, 0.1) is 0 Å². The lowest BCUT2D eigenvalue weighted by Crippen LogP contribution is -2.38. The Balaban J connectivity index is 1.75. The molecule has 0 fully saturated rings. The van der Waals surface area contributed by atoms with Crippen LogP contribution in [-0.2, 0) is 29.1 Å². The predicted octanol–water partition coefficient (Wildman–Crippen LogP) is 0.889. The molecule has 2 aromatic rings. The van der Waals surface area contributed by atoms with Crippen LogP contribution in [0.3, 0.4) is 0 Å². The van der Waals surface area contributed by atoms with Gasteiger partial charge in [-0.15, -0.1) is 0 Å². The Morgan fingerprint density at radius 1 is 1.37 bits per heavy atom. The van der Waals surface area contributed by atoms with E-state index < -0.39 is 0 Å². The van der Waals surface area contributed by atoms with Crippen LogP contribution in [0.5, 0.6) is 0 Å². The van der Waals surface area contributed by atoms with Crippen LogP contribution in [0.25, 0.3) is 0 Å². The molecule has 1 aliphatic rings. The molecule has 4 N–H and O–H groups in total. The molecule has 2 amide bonds. The smallest absolute Gasteiger partial charge is 0.275 e. The fourth-order valence-corrected chi connectivity index (χ4v) is 3.18. The molecule has 3 rings (SSSR count). The molecule has 0 radical (unpaired) electrons. The summed E-state index contributed by atoms with van der Waals surface area (Å²) < 4.78 is 1.37. The molecule has 0 aromatic carbocycles. The van der Waals surface area contributed by atoms with Gasteiger partial charge in [0.2, 0.25) is 11.8 Å². The molecule has 8 nitrogen and oxygen atoms in total. The third-order valence-electron chi connectivity index (χ3n) is 4.81. The third-order valence-corrected chi connectivity index (χ3v) is 4.81. The molecule has 142 valence electrons. The van der Waals surface area contributed by atoms with Gasteiger partial charge < -0.3 is 20.9 Å². The summed E-state index contributed by atoms with van der Waals surface area (Å²) >= 11 is 0. The minimum atomic E-state index is -0.356. The van der Waals surface area contributed by atoms with Crippen molar-refractivity contribution >= 4 is 23.3 Å². The molecule has 1 aliphatic heterocycles. The number of fused-ring (bicyclic) bond motifs is 1. The fourth-order valence-electron chi connectivity index (χ4n) is 3.18. The van der Waals surface area contributed by atoms with Gasteiger partial charge in [-0.3, -0.25) is 14.4 Å². The maximum absolute atomic E-state index is 12.7. The van der Waals surface area contributed by atoms with E-state index in [1.165, 1.54) is 4.57 Å². The molecule has 0 bridgehead atoms. The summed E-state index contributed by atoms with van der Waals surface area (Å²) in [5.41, 5.74) is 8.64. The van der Waals surface area contributed by atoms with Gasteiger partial charge >= 0.3 is 0 Å². The summed E-state index contributed by atoms with van der Waals surface area (Å²) in [5, 5.41) is 5.46. The van der Waals surface area contributed by atoms with E-state index in [0.29, 0.717) is 24.5 Å². The quantitative estimate of drug-likeness (QED) is 0.739. The Labute approximate surface area is 156 Å². The molecule has 8 heteroatoms. The minimum Gasteiger partial charge on any atom is -0.384 e. The molecule has 27 heavy (non-hydrogen) atoms. The van der Waals surface area contributed by atoms with Crippen LogP contribution in [-0.4, -0.2) is 21.4 Å². The number of aryl methyl sites for hydroxylation is 2. The second-order valence-electron chi connectivity index (χ2n) is 6.93. The van der Waals surface area contributed by atoms with Crippen LogP contribution in [0.1, 0.15) is 29.4 Å². The van der Waals surface area contributed by atoms with Crippen LogP contribution in [0.2, 0.25) is 0 Å². The number of hydrogen-bond acceptors (Lipinski definition) is 5. The van der Waals surface area contributed by atoms with Crippen molar-refractivity contribution in [3.05, 3.63) is 51.1 Å². The van der Waals surface area contributed by atoms with Crippen molar-refractivity contribution in [2.24, 2.45) is 5.92 Å². The van der Waals surface area contributed by atoms with Crippen molar-refractivity contribution < 1.29 is 9.59 Å². The van der Waals surface area contributed by atoms with E-state index in [1.54, 1.807) is 13.0 Å². The summed E-state index contributed by atoms with van der Waals surface area (Å²) in [6.45, 7) is 5.60. The lowest BCUT2D eigenvalue weighted by atomic mass is 9.95. The first-order chi connectivity index (χ1) is 12.8. The first-order valence-corrected chi connectivity index (χ1v) is 8.79. The summed E-state index contributed by atoms with van der Waals surface area (Å²) in [7, 11) is 0. The Bertz CT molecular complexity index is 980. The number of anilines is 2. The van der Waals surface area contributed by atoms with Crippen molar-refractivity contribution in [3.8, 4) is 0 Å². The van der Waals surface area contributed by atoms with Crippen molar-refractivity contribution in [3.63, 3.8) is 0 Å². The highest BCUT2D eigenvalue weighted by molar-refractivity contribution is 5.95. The lowest BCUT2D eigenvalue weighted by Gasteiger charge is -2.23. The average Bonchev–Trinajstić information content (AvgIpc) is 2.60. The van der Waals surface area contributed by atoms with Crippen molar-refractivity contribution in [2.75, 3.05) is 11.1 Å². The molecule has 1 unspecified atom stereocenters. The van der Waals surface area contributed by atoms with Gasteiger partial charge in [0.1, 0.15) is 18.1 Å². The second-order valence-corrected chi connectivity index (χ2v) is 6.93. The molecule has 3 heterocycles. The van der Waals surface area contributed by atoms with Gasteiger partial charge in [-0.1, -0.05) is 13.0 Å². The molecule has 0 saturated carbocycles. The number of rotatable bonds is 4. The zero-order valence-electron chi connectivity index (χ0n) is 15.6. The predicted molar refractivity (Wildman–Crippen MR) is 102 cm³/mol. The SMILES string of the molecule is Cc1nc(N)ccc1CNC(=O)Cn1c(C)cc2c(c1=O)NC(=O)C(C)C2. The summed E-state index contributed by atoms with van der Waals surface area (Å²) in [6.07, 6.45) is 0.522. The zero-order chi connectivity index (χ0) is 19.7. The van der Waals surface area contributed by atoms with Gasteiger partial charge in [0.25, 0.3) is 5.56 Å². The van der Waals surface area contributed by atoms with E-state index >= 15 is 0 Å². The van der Waals surface area contributed by atoms with E-state index in [0.717, 1.165) is 16.8 Å². The molecule has 2 aromatic heterocycles. The number of nitrogens with zero attached hydrogens (tertiary/aromatic N) is 2. The lowest BCUT2D eigenvalue weighted by molar-refractivity contribution is -0.122. The van der Waals surface area contributed by atoms with Crippen LogP contribution in [0.15, 0.2) is 23.0 Å². The van der Waals surface area contributed by atoms with E-state index in [4.69, 9.17) is 5.73 Å². The largest absolute Gasteiger partial charge is 0.384 e. The first kappa shape index (κ1) is 18.6. The highest BCUT2D eigenvalue weighted by Gasteiger charge is 2.26. The number of amides is 2. The molecule has 0 spiro atoms. The number of hydrogen-bond donors (Lipinski definition) is 3. The van der Waals surface area contributed by atoms with Crippen molar-refractivity contribution in [1.82, 2.24) is 14.9 Å². The normalized spacial score (nSPS) is 15.8. The molecule has 0 aliphatic carbocycles. The number of carbonyl (C=O) groups is 2. The maximum Gasteiger partial charge on any atom is 0.275 e. The number of aromatic nitrogens is 2. The molecular formula is C19H23N5O3. The molecular weight excluding hydrogens is 346 g/mol. The fraction of sp³-hybridized carbons (Fsp3) is 0.368. The Morgan fingerprint density at radius 3 is 2.81 bits per heavy atom. The average molecular weight is 369 g/mol. The van der Waals surface area contributed by atoms with Gasteiger partial charge in [-0.05, 0) is 43.5 Å². The second kappa shape index (κ2) is 7.22. The first-order valence-electron chi connectivity index (χ1n) is 8.79. The third kappa shape index (κ3) is 3.84. The maximum atomic E-state index is 12.7. The molecule has 1 atom stereocenters. The van der Waals surface area contributed by atoms with Crippen molar-refractivity contribution in [2.45, 2.75) is 40.3 Å². The van der Waals surface area contributed by atoms with Gasteiger partial charge in [-0.25, -0.2) is 4.98 Å². The highest BCUT2D eigenvalue weighted by atomic mass is 16.2. The standard InChI is InChI=1S/C19H23N5O3/c1-10-6-14-7-11(2)24(19(27)17(14)23-18(10)26)9-16(25)21-8-13-4-5-15(20)22-12(13)3/h4-5,7,10H,6,8-9H2,1-3H3,(H2,20,22)(H,21,25)(H,23,26).